The van der Waals surface area contributed by atoms with Crippen LogP contribution in [0.5, 0.6) is 17.2 Å². The lowest BCUT2D eigenvalue weighted by Gasteiger charge is -2.14. The maximum absolute atomic E-state index is 5.72. The number of nitrogens with one attached hydrogen (secondary N) is 1. The standard InChI is InChI=1S/C18H22N2O3/c1-4-10-23-18-16(21-2)11-14(12-17(18)22-3)13-19-20-15-8-6-5-7-9-15/h5-9,11-13,20H,4,10H2,1-3H3/b19-13+. The zero-order chi connectivity index (χ0) is 16.5. The van der Waals surface area contributed by atoms with Gasteiger partial charge in [-0.2, -0.15) is 5.10 Å². The molecule has 23 heavy (non-hydrogen) atoms. The van der Waals surface area contributed by atoms with Crippen LogP contribution in [0.4, 0.5) is 5.69 Å². The van der Waals surface area contributed by atoms with E-state index in [1.807, 2.05) is 42.5 Å². The summed E-state index contributed by atoms with van der Waals surface area (Å²) in [5.74, 6) is 1.86. The van der Waals surface area contributed by atoms with Crippen LogP contribution < -0.4 is 19.6 Å². The normalized spacial score (nSPS) is 10.6. The molecule has 2 aromatic rings. The van der Waals surface area contributed by atoms with Crippen molar-refractivity contribution in [3.05, 3.63) is 48.0 Å². The van der Waals surface area contributed by atoms with Gasteiger partial charge in [0.05, 0.1) is 32.7 Å². The van der Waals surface area contributed by atoms with E-state index in [2.05, 4.69) is 17.5 Å². The third-order valence-electron chi connectivity index (χ3n) is 3.11. The van der Waals surface area contributed by atoms with Crippen molar-refractivity contribution in [2.75, 3.05) is 26.3 Å². The van der Waals surface area contributed by atoms with Gasteiger partial charge in [0.25, 0.3) is 0 Å². The molecule has 122 valence electrons. The molecular weight excluding hydrogens is 292 g/mol. The van der Waals surface area contributed by atoms with Gasteiger partial charge >= 0.3 is 0 Å². The van der Waals surface area contributed by atoms with Crippen LogP contribution in [-0.4, -0.2) is 27.0 Å². The summed E-state index contributed by atoms with van der Waals surface area (Å²) in [4.78, 5) is 0. The minimum atomic E-state index is 0.607. The van der Waals surface area contributed by atoms with Gasteiger partial charge in [-0.3, -0.25) is 5.43 Å². The fourth-order valence-corrected chi connectivity index (χ4v) is 2.02. The van der Waals surface area contributed by atoms with Crippen molar-refractivity contribution in [1.29, 1.82) is 0 Å². The van der Waals surface area contributed by atoms with Gasteiger partial charge in [-0.15, -0.1) is 0 Å². The molecule has 0 radical (unpaired) electrons. The predicted octanol–water partition coefficient (Wildman–Crippen LogP) is 3.94. The number of benzene rings is 2. The first-order valence-corrected chi connectivity index (χ1v) is 7.51. The Bertz CT molecular complexity index is 617. The molecule has 0 heterocycles. The van der Waals surface area contributed by atoms with Crippen LogP contribution in [0.1, 0.15) is 18.9 Å². The van der Waals surface area contributed by atoms with Crippen molar-refractivity contribution in [1.82, 2.24) is 0 Å². The number of hydrazone groups is 1. The summed E-state index contributed by atoms with van der Waals surface area (Å²) in [5, 5.41) is 4.23. The molecule has 0 atom stereocenters. The number of anilines is 1. The van der Waals surface area contributed by atoms with E-state index in [4.69, 9.17) is 14.2 Å². The molecule has 2 aromatic carbocycles. The number of nitrogens with zero attached hydrogens (tertiary/aromatic N) is 1. The molecule has 0 saturated heterocycles. The molecule has 0 aromatic heterocycles. The van der Waals surface area contributed by atoms with Gasteiger partial charge in [0.1, 0.15) is 0 Å². The first kappa shape index (κ1) is 16.7. The summed E-state index contributed by atoms with van der Waals surface area (Å²) >= 11 is 0. The minimum absolute atomic E-state index is 0.607. The van der Waals surface area contributed by atoms with Gasteiger partial charge in [0.2, 0.25) is 5.75 Å². The van der Waals surface area contributed by atoms with Gasteiger partial charge in [0.15, 0.2) is 11.5 Å². The van der Waals surface area contributed by atoms with Crippen LogP contribution in [0.15, 0.2) is 47.6 Å². The monoisotopic (exact) mass is 314 g/mol. The molecule has 5 nitrogen and oxygen atoms in total. The molecule has 0 aliphatic carbocycles. The van der Waals surface area contributed by atoms with Gasteiger partial charge < -0.3 is 14.2 Å². The number of hydrogen-bond donors (Lipinski definition) is 1. The van der Waals surface area contributed by atoms with E-state index in [9.17, 15) is 0 Å². The number of para-hydroxylation sites is 1. The van der Waals surface area contributed by atoms with Crippen molar-refractivity contribution < 1.29 is 14.2 Å². The average Bonchev–Trinajstić information content (AvgIpc) is 2.60. The Balaban J connectivity index is 2.18. The van der Waals surface area contributed by atoms with Crippen LogP contribution in [0, 0.1) is 0 Å². The highest BCUT2D eigenvalue weighted by atomic mass is 16.5. The lowest BCUT2D eigenvalue weighted by atomic mass is 10.2. The summed E-state index contributed by atoms with van der Waals surface area (Å²) < 4.78 is 16.5. The highest BCUT2D eigenvalue weighted by Crippen LogP contribution is 2.38. The van der Waals surface area contributed by atoms with E-state index in [-0.39, 0.29) is 0 Å². The van der Waals surface area contributed by atoms with Crippen molar-refractivity contribution >= 4 is 11.9 Å². The largest absolute Gasteiger partial charge is 0.493 e. The fourth-order valence-electron chi connectivity index (χ4n) is 2.02. The minimum Gasteiger partial charge on any atom is -0.493 e. The van der Waals surface area contributed by atoms with E-state index in [1.165, 1.54) is 0 Å². The smallest absolute Gasteiger partial charge is 0.203 e. The van der Waals surface area contributed by atoms with Gasteiger partial charge in [0, 0.05) is 5.56 Å². The van der Waals surface area contributed by atoms with Crippen molar-refractivity contribution in [2.45, 2.75) is 13.3 Å². The van der Waals surface area contributed by atoms with Gasteiger partial charge in [-0.05, 0) is 30.7 Å². The lowest BCUT2D eigenvalue weighted by Crippen LogP contribution is -2.01. The number of rotatable bonds is 8. The van der Waals surface area contributed by atoms with E-state index >= 15 is 0 Å². The van der Waals surface area contributed by atoms with E-state index in [1.54, 1.807) is 20.4 Å². The molecule has 0 fully saturated rings. The predicted molar refractivity (Wildman–Crippen MR) is 93.0 cm³/mol. The summed E-state index contributed by atoms with van der Waals surface area (Å²) in [6, 6.07) is 13.5. The number of methoxy groups -OCH3 is 2. The molecule has 0 spiro atoms. The average molecular weight is 314 g/mol. The lowest BCUT2D eigenvalue weighted by molar-refractivity contribution is 0.275. The zero-order valence-corrected chi connectivity index (χ0v) is 13.7. The van der Waals surface area contributed by atoms with Crippen LogP contribution >= 0.6 is 0 Å². The quantitative estimate of drug-likeness (QED) is 0.592. The van der Waals surface area contributed by atoms with E-state index in [0.717, 1.165) is 17.7 Å². The molecule has 2 rings (SSSR count). The van der Waals surface area contributed by atoms with Crippen molar-refractivity contribution in [2.24, 2.45) is 5.10 Å². The molecule has 0 bridgehead atoms. The Morgan fingerprint density at radius 3 is 2.26 bits per heavy atom. The highest BCUT2D eigenvalue weighted by molar-refractivity contribution is 5.83. The first-order valence-electron chi connectivity index (χ1n) is 7.51. The van der Waals surface area contributed by atoms with E-state index in [0.29, 0.717) is 23.9 Å². The van der Waals surface area contributed by atoms with Crippen molar-refractivity contribution in [3.8, 4) is 17.2 Å². The van der Waals surface area contributed by atoms with Crippen LogP contribution in [0.25, 0.3) is 0 Å². The van der Waals surface area contributed by atoms with Gasteiger partial charge in [-0.1, -0.05) is 25.1 Å². The Morgan fingerprint density at radius 1 is 1.04 bits per heavy atom. The Morgan fingerprint density at radius 2 is 1.70 bits per heavy atom. The Kier molecular flexibility index (Phi) is 6.29. The highest BCUT2D eigenvalue weighted by Gasteiger charge is 2.13. The molecule has 1 N–H and O–H groups in total. The number of hydrogen-bond acceptors (Lipinski definition) is 5. The molecule has 0 aliphatic heterocycles. The SMILES string of the molecule is CCCOc1c(OC)cc(/C=N/Nc2ccccc2)cc1OC. The van der Waals surface area contributed by atoms with Gasteiger partial charge in [-0.25, -0.2) is 0 Å². The molecular formula is C18H22N2O3. The molecule has 0 saturated carbocycles. The van der Waals surface area contributed by atoms with Crippen LogP contribution in [0.3, 0.4) is 0 Å². The molecule has 0 unspecified atom stereocenters. The third-order valence-corrected chi connectivity index (χ3v) is 3.11. The number of ether oxygens (including phenoxy) is 3. The van der Waals surface area contributed by atoms with Crippen LogP contribution in [0.2, 0.25) is 0 Å². The zero-order valence-electron chi connectivity index (χ0n) is 13.7. The van der Waals surface area contributed by atoms with Crippen LogP contribution in [-0.2, 0) is 0 Å². The third kappa shape index (κ3) is 4.64. The fraction of sp³-hybridized carbons (Fsp3) is 0.278. The second-order valence-corrected chi connectivity index (χ2v) is 4.84. The maximum Gasteiger partial charge on any atom is 0.203 e. The maximum atomic E-state index is 5.72. The van der Waals surface area contributed by atoms with Crippen molar-refractivity contribution in [3.63, 3.8) is 0 Å². The second kappa shape index (κ2) is 8.68. The Labute approximate surface area is 136 Å². The Hall–Kier alpha value is -2.69. The topological polar surface area (TPSA) is 52.1 Å². The molecule has 0 aliphatic rings. The first-order chi connectivity index (χ1) is 11.3. The second-order valence-electron chi connectivity index (χ2n) is 4.84. The molecule has 5 heteroatoms. The summed E-state index contributed by atoms with van der Waals surface area (Å²) in [7, 11) is 3.22. The summed E-state index contributed by atoms with van der Waals surface area (Å²) in [5.41, 5.74) is 4.75. The molecule has 0 amide bonds. The van der Waals surface area contributed by atoms with E-state index < -0.39 is 0 Å². The summed E-state index contributed by atoms with van der Waals surface area (Å²) in [6.07, 6.45) is 2.62. The summed E-state index contributed by atoms with van der Waals surface area (Å²) in [6.45, 7) is 2.66.